The fourth-order valence-corrected chi connectivity index (χ4v) is 2.90. The van der Waals surface area contributed by atoms with E-state index >= 15 is 0 Å². The maximum absolute atomic E-state index is 11.2. The SMILES string of the molecule is CCC(CO)(CO)Nc1cc2nc(C)sc2cc1[N+](=O)[O-]. The van der Waals surface area contributed by atoms with Crippen LogP contribution in [-0.4, -0.2) is 38.9 Å². The minimum atomic E-state index is -0.997. The molecule has 0 saturated heterocycles. The summed E-state index contributed by atoms with van der Waals surface area (Å²) in [5.41, 5.74) is -0.177. The van der Waals surface area contributed by atoms with Crippen LogP contribution in [0, 0.1) is 17.0 Å². The Morgan fingerprint density at radius 1 is 1.43 bits per heavy atom. The molecule has 0 aliphatic carbocycles. The van der Waals surface area contributed by atoms with Gasteiger partial charge in [-0.15, -0.1) is 11.3 Å². The number of nitrogens with one attached hydrogen (secondary N) is 1. The number of hydrogen-bond acceptors (Lipinski definition) is 7. The molecule has 0 aliphatic heterocycles. The lowest BCUT2D eigenvalue weighted by molar-refractivity contribution is -0.383. The van der Waals surface area contributed by atoms with Crippen molar-refractivity contribution in [1.82, 2.24) is 4.98 Å². The van der Waals surface area contributed by atoms with E-state index in [-0.39, 0.29) is 24.6 Å². The summed E-state index contributed by atoms with van der Waals surface area (Å²) in [6, 6.07) is 3.06. The molecule has 0 saturated carbocycles. The molecule has 0 bridgehead atoms. The molecule has 0 fully saturated rings. The van der Waals surface area contributed by atoms with E-state index in [0.29, 0.717) is 11.9 Å². The van der Waals surface area contributed by atoms with E-state index in [2.05, 4.69) is 10.3 Å². The van der Waals surface area contributed by atoms with Crippen LogP contribution in [0.4, 0.5) is 11.4 Å². The predicted octanol–water partition coefficient (Wildman–Crippen LogP) is 2.06. The number of nitro groups is 1. The summed E-state index contributed by atoms with van der Waals surface area (Å²) in [7, 11) is 0. The van der Waals surface area contributed by atoms with Gasteiger partial charge in [0.2, 0.25) is 0 Å². The predicted molar refractivity (Wildman–Crippen MR) is 81.8 cm³/mol. The number of hydrogen-bond donors (Lipinski definition) is 3. The van der Waals surface area contributed by atoms with Gasteiger partial charge in [0.05, 0.1) is 38.9 Å². The summed E-state index contributed by atoms with van der Waals surface area (Å²) in [5, 5.41) is 33.9. The van der Waals surface area contributed by atoms with E-state index in [9.17, 15) is 20.3 Å². The van der Waals surface area contributed by atoms with Crippen molar-refractivity contribution in [3.8, 4) is 0 Å². The van der Waals surface area contributed by atoms with Gasteiger partial charge in [0, 0.05) is 6.07 Å². The third kappa shape index (κ3) is 2.97. The minimum Gasteiger partial charge on any atom is -0.394 e. The fourth-order valence-electron chi connectivity index (χ4n) is 2.06. The highest BCUT2D eigenvalue weighted by atomic mass is 32.1. The van der Waals surface area contributed by atoms with E-state index in [4.69, 9.17) is 0 Å². The molecule has 21 heavy (non-hydrogen) atoms. The van der Waals surface area contributed by atoms with Gasteiger partial charge in [-0.25, -0.2) is 4.98 Å². The second-order valence-electron chi connectivity index (χ2n) is 4.90. The number of rotatable bonds is 6. The van der Waals surface area contributed by atoms with Crippen molar-refractivity contribution in [1.29, 1.82) is 0 Å². The maximum Gasteiger partial charge on any atom is 0.293 e. The van der Waals surface area contributed by atoms with Gasteiger partial charge >= 0.3 is 0 Å². The summed E-state index contributed by atoms with van der Waals surface area (Å²) >= 11 is 1.39. The van der Waals surface area contributed by atoms with Crippen LogP contribution in [0.15, 0.2) is 12.1 Å². The molecule has 2 rings (SSSR count). The number of nitro benzene ring substituents is 1. The molecule has 0 aliphatic rings. The Labute approximate surface area is 125 Å². The van der Waals surface area contributed by atoms with Gasteiger partial charge in [0.1, 0.15) is 5.69 Å². The molecule has 3 N–H and O–H groups in total. The van der Waals surface area contributed by atoms with Crippen LogP contribution < -0.4 is 5.32 Å². The normalized spacial score (nSPS) is 11.8. The van der Waals surface area contributed by atoms with Crippen molar-refractivity contribution in [2.75, 3.05) is 18.5 Å². The van der Waals surface area contributed by atoms with E-state index in [1.807, 2.05) is 6.92 Å². The average Bonchev–Trinajstić information content (AvgIpc) is 2.83. The first kappa shape index (κ1) is 15.6. The number of thiazole rings is 1. The van der Waals surface area contributed by atoms with Crippen LogP contribution in [-0.2, 0) is 0 Å². The van der Waals surface area contributed by atoms with Crippen molar-refractivity contribution >= 4 is 32.9 Å². The Bertz CT molecular complexity index is 658. The van der Waals surface area contributed by atoms with Crippen LogP contribution >= 0.6 is 11.3 Å². The maximum atomic E-state index is 11.2. The first-order chi connectivity index (χ1) is 9.94. The van der Waals surface area contributed by atoms with Gasteiger partial charge in [-0.1, -0.05) is 6.92 Å². The lowest BCUT2D eigenvalue weighted by atomic mass is 9.97. The highest BCUT2D eigenvalue weighted by molar-refractivity contribution is 7.18. The molecule has 1 aromatic heterocycles. The minimum absolute atomic E-state index is 0.0918. The highest BCUT2D eigenvalue weighted by Gasteiger charge is 2.29. The zero-order valence-corrected chi connectivity index (χ0v) is 12.6. The van der Waals surface area contributed by atoms with Crippen LogP contribution in [0.25, 0.3) is 10.2 Å². The van der Waals surface area contributed by atoms with Crippen molar-refractivity contribution in [3.05, 3.63) is 27.3 Å². The lowest BCUT2D eigenvalue weighted by Crippen LogP contribution is -2.45. The van der Waals surface area contributed by atoms with Crippen LogP contribution in [0.3, 0.4) is 0 Å². The van der Waals surface area contributed by atoms with Gasteiger partial charge < -0.3 is 15.5 Å². The lowest BCUT2D eigenvalue weighted by Gasteiger charge is -2.30. The molecule has 114 valence electrons. The molecular formula is C13H17N3O4S. The Morgan fingerprint density at radius 3 is 2.62 bits per heavy atom. The van der Waals surface area contributed by atoms with Gasteiger partial charge in [-0.3, -0.25) is 10.1 Å². The molecule has 0 spiro atoms. The molecule has 1 heterocycles. The summed E-state index contributed by atoms with van der Waals surface area (Å²) in [4.78, 5) is 15.1. The van der Waals surface area contributed by atoms with Crippen LogP contribution in [0.2, 0.25) is 0 Å². The third-order valence-electron chi connectivity index (χ3n) is 3.49. The smallest absolute Gasteiger partial charge is 0.293 e. The largest absolute Gasteiger partial charge is 0.394 e. The molecule has 0 atom stereocenters. The number of aryl methyl sites for hydroxylation is 1. The van der Waals surface area contributed by atoms with E-state index in [1.54, 1.807) is 13.0 Å². The van der Waals surface area contributed by atoms with Crippen molar-refractivity contribution in [3.63, 3.8) is 0 Å². The Kier molecular flexibility index (Phi) is 4.40. The molecule has 8 heteroatoms. The number of fused-ring (bicyclic) bond motifs is 1. The Morgan fingerprint density at radius 2 is 2.10 bits per heavy atom. The number of aliphatic hydroxyl groups is 2. The number of nitrogens with zero attached hydrogens (tertiary/aromatic N) is 2. The van der Waals surface area contributed by atoms with Crippen molar-refractivity contribution < 1.29 is 15.1 Å². The Hall–Kier alpha value is -1.77. The molecule has 0 unspecified atom stereocenters. The molecule has 7 nitrogen and oxygen atoms in total. The second-order valence-corrected chi connectivity index (χ2v) is 6.14. The van der Waals surface area contributed by atoms with E-state index in [1.165, 1.54) is 17.4 Å². The van der Waals surface area contributed by atoms with Crippen molar-refractivity contribution in [2.24, 2.45) is 0 Å². The summed E-state index contributed by atoms with van der Waals surface area (Å²) < 4.78 is 0.736. The highest BCUT2D eigenvalue weighted by Crippen LogP contribution is 2.34. The monoisotopic (exact) mass is 311 g/mol. The summed E-state index contributed by atoms with van der Waals surface area (Å²) in [6.07, 6.45) is 0.422. The first-order valence-corrected chi connectivity index (χ1v) is 7.32. The fraction of sp³-hybridized carbons (Fsp3) is 0.462. The zero-order valence-electron chi connectivity index (χ0n) is 11.8. The topological polar surface area (TPSA) is 109 Å². The first-order valence-electron chi connectivity index (χ1n) is 6.50. The van der Waals surface area contributed by atoms with Crippen molar-refractivity contribution in [2.45, 2.75) is 25.8 Å². The van der Waals surface area contributed by atoms with Crippen LogP contribution in [0.1, 0.15) is 18.4 Å². The number of aliphatic hydroxyl groups excluding tert-OH is 2. The van der Waals surface area contributed by atoms with E-state index in [0.717, 1.165) is 9.71 Å². The van der Waals surface area contributed by atoms with Crippen LogP contribution in [0.5, 0.6) is 0 Å². The standard InChI is InChI=1S/C13H17N3O4S/c1-3-13(6-17,7-18)15-9-4-10-12(21-8(2)14-10)5-11(9)16(19)20/h4-5,15,17-18H,3,6-7H2,1-2H3. The third-order valence-corrected chi connectivity index (χ3v) is 4.43. The average molecular weight is 311 g/mol. The quantitative estimate of drug-likeness (QED) is 0.556. The number of benzene rings is 1. The van der Waals surface area contributed by atoms with Gasteiger partial charge in [-0.05, 0) is 19.4 Å². The Balaban J connectivity index is 2.55. The molecule has 1 aromatic carbocycles. The molecule has 0 amide bonds. The second kappa shape index (κ2) is 5.92. The van der Waals surface area contributed by atoms with Gasteiger partial charge in [-0.2, -0.15) is 0 Å². The summed E-state index contributed by atoms with van der Waals surface area (Å²) in [5.74, 6) is 0. The molecule has 0 radical (unpaired) electrons. The van der Waals surface area contributed by atoms with E-state index < -0.39 is 10.5 Å². The van der Waals surface area contributed by atoms with Gasteiger partial charge in [0.15, 0.2) is 0 Å². The summed E-state index contributed by atoms with van der Waals surface area (Å²) in [6.45, 7) is 2.97. The number of anilines is 1. The van der Waals surface area contributed by atoms with Gasteiger partial charge in [0.25, 0.3) is 5.69 Å². The number of aromatic nitrogens is 1. The molecular weight excluding hydrogens is 294 g/mol. The zero-order chi connectivity index (χ0) is 15.6. The molecule has 2 aromatic rings.